The van der Waals surface area contributed by atoms with Crippen LogP contribution in [-0.2, 0) is 0 Å². The summed E-state index contributed by atoms with van der Waals surface area (Å²) in [4.78, 5) is 0. The molecule has 0 aliphatic carbocycles. The molecule has 0 radical (unpaired) electrons. The standard InChI is InChI=1S/C34H23BN4/c35-34-30(38-28-16-7-5-14-26(28)36-24-12-3-1-10-22(24)20-32(36)38)18-9-19-31(34)39-29-17-8-6-15-27(29)37-25-13-4-2-11-23(25)21-33(37)39/h1-21H,35H2. The Labute approximate surface area is 224 Å². The first-order valence-electron chi connectivity index (χ1n) is 13.4. The van der Waals surface area contributed by atoms with Gasteiger partial charge < -0.3 is 0 Å². The van der Waals surface area contributed by atoms with Crippen molar-refractivity contribution >= 4 is 68.5 Å². The Bertz CT molecular complexity index is 2250. The summed E-state index contributed by atoms with van der Waals surface area (Å²) in [7, 11) is 2.26. The molecular weight excluding hydrogens is 475 g/mol. The summed E-state index contributed by atoms with van der Waals surface area (Å²) in [6, 6.07) is 46.0. The van der Waals surface area contributed by atoms with E-state index in [2.05, 4.69) is 153 Å². The highest BCUT2D eigenvalue weighted by atomic mass is 15.2. The maximum Gasteiger partial charge on any atom is 0.144 e. The summed E-state index contributed by atoms with van der Waals surface area (Å²) in [6.45, 7) is 0. The predicted octanol–water partition coefficient (Wildman–Crippen LogP) is 6.64. The Morgan fingerprint density at radius 3 is 1.23 bits per heavy atom. The second kappa shape index (κ2) is 7.45. The third kappa shape index (κ3) is 2.64. The van der Waals surface area contributed by atoms with Gasteiger partial charge in [0.1, 0.15) is 19.1 Å². The minimum absolute atomic E-state index is 1.17. The van der Waals surface area contributed by atoms with Gasteiger partial charge >= 0.3 is 0 Å². The molecule has 4 aromatic heterocycles. The second-order valence-corrected chi connectivity index (χ2v) is 10.4. The Balaban J connectivity index is 1.41. The van der Waals surface area contributed by atoms with Gasteiger partial charge in [0.05, 0.1) is 33.1 Å². The number of imidazole rings is 2. The zero-order valence-electron chi connectivity index (χ0n) is 21.4. The van der Waals surface area contributed by atoms with Gasteiger partial charge in [0.15, 0.2) is 0 Å². The fraction of sp³-hybridized carbons (Fsp3) is 0. The number of benzene rings is 5. The van der Waals surface area contributed by atoms with Crippen molar-refractivity contribution in [2.75, 3.05) is 0 Å². The van der Waals surface area contributed by atoms with Crippen LogP contribution in [0.5, 0.6) is 0 Å². The molecule has 9 aromatic rings. The van der Waals surface area contributed by atoms with Crippen molar-refractivity contribution < 1.29 is 0 Å². The summed E-state index contributed by atoms with van der Waals surface area (Å²) < 4.78 is 9.62. The van der Waals surface area contributed by atoms with E-state index >= 15 is 0 Å². The highest BCUT2D eigenvalue weighted by molar-refractivity contribution is 6.37. The van der Waals surface area contributed by atoms with Crippen LogP contribution in [0, 0.1) is 0 Å². The SMILES string of the molecule is Bc1c(-n2c3ccccc3n3c4ccccc4cc23)cccc1-n1c2ccccc2n2c3ccccc3cc12. The van der Waals surface area contributed by atoms with E-state index in [0.29, 0.717) is 0 Å². The van der Waals surface area contributed by atoms with Gasteiger partial charge in [-0.25, -0.2) is 0 Å². The number of para-hydroxylation sites is 6. The number of aromatic nitrogens is 4. The van der Waals surface area contributed by atoms with Crippen LogP contribution in [0.15, 0.2) is 127 Å². The third-order valence-electron chi connectivity index (χ3n) is 8.33. The van der Waals surface area contributed by atoms with Crippen molar-refractivity contribution in [2.45, 2.75) is 0 Å². The van der Waals surface area contributed by atoms with Gasteiger partial charge in [-0.15, -0.1) is 0 Å². The molecule has 0 atom stereocenters. The summed E-state index contributed by atoms with van der Waals surface area (Å²) in [5.74, 6) is 0. The van der Waals surface area contributed by atoms with Gasteiger partial charge in [-0.3, -0.25) is 17.9 Å². The third-order valence-corrected chi connectivity index (χ3v) is 8.33. The van der Waals surface area contributed by atoms with Crippen molar-refractivity contribution in [3.05, 3.63) is 127 Å². The van der Waals surface area contributed by atoms with E-state index < -0.39 is 0 Å². The van der Waals surface area contributed by atoms with Gasteiger partial charge in [0.2, 0.25) is 0 Å². The molecule has 0 spiro atoms. The van der Waals surface area contributed by atoms with Crippen LogP contribution in [0.25, 0.3) is 66.5 Å². The molecule has 5 aromatic carbocycles. The van der Waals surface area contributed by atoms with Crippen LogP contribution in [0.3, 0.4) is 0 Å². The fourth-order valence-electron chi connectivity index (χ4n) is 6.65. The molecule has 0 fully saturated rings. The molecule has 182 valence electrons. The largest absolute Gasteiger partial charge is 0.294 e. The van der Waals surface area contributed by atoms with Crippen LogP contribution < -0.4 is 5.46 Å². The van der Waals surface area contributed by atoms with Gasteiger partial charge in [-0.1, -0.05) is 66.7 Å². The highest BCUT2D eigenvalue weighted by Gasteiger charge is 2.20. The molecule has 0 saturated carbocycles. The van der Waals surface area contributed by atoms with E-state index in [0.717, 1.165) is 0 Å². The molecule has 4 heterocycles. The van der Waals surface area contributed by atoms with E-state index in [9.17, 15) is 0 Å². The molecule has 5 heteroatoms. The monoisotopic (exact) mass is 498 g/mol. The molecule has 0 N–H and O–H groups in total. The Morgan fingerprint density at radius 2 is 0.769 bits per heavy atom. The van der Waals surface area contributed by atoms with Gasteiger partial charge in [0.25, 0.3) is 0 Å². The molecule has 0 aliphatic heterocycles. The lowest BCUT2D eigenvalue weighted by Crippen LogP contribution is -2.19. The van der Waals surface area contributed by atoms with Crippen molar-refractivity contribution in [2.24, 2.45) is 0 Å². The molecule has 0 amide bonds. The van der Waals surface area contributed by atoms with Crippen LogP contribution in [-0.4, -0.2) is 25.8 Å². The van der Waals surface area contributed by atoms with Crippen LogP contribution in [0.1, 0.15) is 0 Å². The first-order valence-corrected chi connectivity index (χ1v) is 13.4. The van der Waals surface area contributed by atoms with Crippen molar-refractivity contribution in [1.29, 1.82) is 0 Å². The maximum atomic E-state index is 2.42. The van der Waals surface area contributed by atoms with Gasteiger partial charge in [-0.05, 0) is 66.1 Å². The van der Waals surface area contributed by atoms with E-state index in [1.807, 2.05) is 0 Å². The predicted molar refractivity (Wildman–Crippen MR) is 165 cm³/mol. The van der Waals surface area contributed by atoms with E-state index in [4.69, 9.17) is 0 Å². The highest BCUT2D eigenvalue weighted by Crippen LogP contribution is 2.33. The quantitative estimate of drug-likeness (QED) is 0.238. The number of hydrogen-bond acceptors (Lipinski definition) is 0. The van der Waals surface area contributed by atoms with Crippen LogP contribution >= 0.6 is 0 Å². The molecule has 0 saturated heterocycles. The zero-order valence-corrected chi connectivity index (χ0v) is 21.4. The van der Waals surface area contributed by atoms with E-state index in [1.165, 1.54) is 72.0 Å². The van der Waals surface area contributed by atoms with Gasteiger partial charge in [-0.2, -0.15) is 0 Å². The Morgan fingerprint density at radius 1 is 0.385 bits per heavy atom. The molecule has 39 heavy (non-hydrogen) atoms. The summed E-state index contributed by atoms with van der Waals surface area (Å²) >= 11 is 0. The maximum absolute atomic E-state index is 2.42. The average Bonchev–Trinajstić information content (AvgIpc) is 3.70. The fourth-order valence-corrected chi connectivity index (χ4v) is 6.65. The molecule has 4 nitrogen and oxygen atoms in total. The first kappa shape index (κ1) is 20.9. The number of rotatable bonds is 2. The van der Waals surface area contributed by atoms with Crippen LogP contribution in [0.2, 0.25) is 0 Å². The molecular formula is C34H23BN4. The number of nitrogens with zero attached hydrogens (tertiary/aromatic N) is 4. The summed E-state index contributed by atoms with van der Waals surface area (Å²) in [5.41, 5.74) is 13.3. The minimum atomic E-state index is 1.17. The minimum Gasteiger partial charge on any atom is -0.294 e. The van der Waals surface area contributed by atoms with E-state index in [1.54, 1.807) is 0 Å². The average molecular weight is 498 g/mol. The smallest absolute Gasteiger partial charge is 0.144 e. The lowest BCUT2D eigenvalue weighted by Gasteiger charge is -2.16. The molecule has 0 bridgehead atoms. The van der Waals surface area contributed by atoms with Crippen molar-refractivity contribution in [3.63, 3.8) is 0 Å². The van der Waals surface area contributed by atoms with Crippen molar-refractivity contribution in [1.82, 2.24) is 17.9 Å². The lowest BCUT2D eigenvalue weighted by molar-refractivity contribution is 1.12. The van der Waals surface area contributed by atoms with Gasteiger partial charge in [0, 0.05) is 22.1 Å². The zero-order chi connectivity index (χ0) is 25.7. The summed E-state index contributed by atoms with van der Waals surface area (Å²) in [6.07, 6.45) is 0. The Kier molecular flexibility index (Phi) is 3.99. The number of fused-ring (bicyclic) bond motifs is 10. The molecule has 0 aliphatic rings. The Hall–Kier alpha value is -5.16. The second-order valence-electron chi connectivity index (χ2n) is 10.4. The van der Waals surface area contributed by atoms with Crippen molar-refractivity contribution in [3.8, 4) is 11.4 Å². The summed E-state index contributed by atoms with van der Waals surface area (Å²) in [5, 5.41) is 2.50. The molecule has 0 unspecified atom stereocenters. The lowest BCUT2D eigenvalue weighted by atomic mass is 9.91. The number of hydrogen-bond donors (Lipinski definition) is 0. The molecule has 9 rings (SSSR count). The normalized spacial score (nSPS) is 12.2. The van der Waals surface area contributed by atoms with Crippen LogP contribution in [0.4, 0.5) is 0 Å². The van der Waals surface area contributed by atoms with E-state index in [-0.39, 0.29) is 0 Å². The first-order chi connectivity index (χ1) is 19.3. The topological polar surface area (TPSA) is 18.7 Å².